The number of aromatic nitrogens is 1. The van der Waals surface area contributed by atoms with E-state index in [-0.39, 0.29) is 28.1 Å². The molecule has 32 heavy (non-hydrogen) atoms. The van der Waals surface area contributed by atoms with Gasteiger partial charge in [0.2, 0.25) is 0 Å². The lowest BCUT2D eigenvalue weighted by molar-refractivity contribution is 0.0941. The fraction of sp³-hybridized carbons (Fsp3) is 0.120. The number of nitrogens with one attached hydrogen (secondary N) is 2. The van der Waals surface area contributed by atoms with Crippen molar-refractivity contribution in [3.63, 3.8) is 0 Å². The highest BCUT2D eigenvalue weighted by molar-refractivity contribution is 7.93. The predicted octanol–water partition coefficient (Wildman–Crippen LogP) is 4.84. The third-order valence-electron chi connectivity index (χ3n) is 5.23. The molecule has 0 spiro atoms. The van der Waals surface area contributed by atoms with Gasteiger partial charge in [-0.1, -0.05) is 60.2 Å². The van der Waals surface area contributed by atoms with Crippen molar-refractivity contribution in [1.29, 1.82) is 0 Å². The molecule has 162 valence electrons. The van der Waals surface area contributed by atoms with Gasteiger partial charge in [-0.3, -0.25) is 14.5 Å². The van der Waals surface area contributed by atoms with Gasteiger partial charge in [0.1, 0.15) is 4.90 Å². The Morgan fingerprint density at radius 2 is 1.62 bits per heavy atom. The number of carbonyl (C=O) groups is 1. The standard InChI is InChI=1S/C25H23N3O3S/c1-17-12-14-19(15-13-17)18(2)27-25(29)21-9-3-4-10-22(21)28-32(30,31)23-11-5-7-20-8-6-16-26-24(20)23/h3-16,18,28H,1-2H3,(H,27,29)/t18-/m1/s1. The lowest BCUT2D eigenvalue weighted by Gasteiger charge is -2.17. The van der Waals surface area contributed by atoms with Crippen LogP contribution in [0.25, 0.3) is 10.9 Å². The molecule has 1 atom stereocenters. The molecule has 0 saturated carbocycles. The number of amides is 1. The van der Waals surface area contributed by atoms with Crippen LogP contribution in [0.3, 0.4) is 0 Å². The molecule has 0 bridgehead atoms. The van der Waals surface area contributed by atoms with Crippen molar-refractivity contribution in [2.75, 3.05) is 4.72 Å². The van der Waals surface area contributed by atoms with Crippen LogP contribution in [-0.4, -0.2) is 19.3 Å². The number of aryl methyl sites for hydroxylation is 1. The van der Waals surface area contributed by atoms with Gasteiger partial charge in [-0.05, 0) is 43.7 Å². The molecule has 1 amide bonds. The van der Waals surface area contributed by atoms with Crippen LogP contribution in [0.2, 0.25) is 0 Å². The molecule has 7 heteroatoms. The summed E-state index contributed by atoms with van der Waals surface area (Å²) >= 11 is 0. The molecule has 0 unspecified atom stereocenters. The summed E-state index contributed by atoms with van der Waals surface area (Å²) in [6.45, 7) is 3.89. The number of para-hydroxylation sites is 2. The normalized spacial score (nSPS) is 12.3. The molecule has 0 radical (unpaired) electrons. The summed E-state index contributed by atoms with van der Waals surface area (Å²) in [5, 5.41) is 3.66. The molecule has 0 fully saturated rings. The maximum absolute atomic E-state index is 13.2. The molecule has 0 aliphatic heterocycles. The molecule has 1 aromatic heterocycles. The van der Waals surface area contributed by atoms with E-state index in [9.17, 15) is 13.2 Å². The SMILES string of the molecule is Cc1ccc([C@@H](C)NC(=O)c2ccccc2NS(=O)(=O)c2cccc3cccnc23)cc1. The molecular weight excluding hydrogens is 422 g/mol. The zero-order valence-corrected chi connectivity index (χ0v) is 18.6. The van der Waals surface area contributed by atoms with E-state index < -0.39 is 10.0 Å². The van der Waals surface area contributed by atoms with Gasteiger partial charge in [-0.25, -0.2) is 8.42 Å². The first-order valence-electron chi connectivity index (χ1n) is 10.2. The molecule has 1 heterocycles. The maximum atomic E-state index is 13.2. The summed E-state index contributed by atoms with van der Waals surface area (Å²) in [4.78, 5) is 17.3. The van der Waals surface area contributed by atoms with Crippen LogP contribution in [0.15, 0.2) is 90.0 Å². The van der Waals surface area contributed by atoms with E-state index in [4.69, 9.17) is 0 Å². The van der Waals surface area contributed by atoms with E-state index in [2.05, 4.69) is 15.0 Å². The van der Waals surface area contributed by atoms with Crippen LogP contribution in [0.4, 0.5) is 5.69 Å². The molecule has 0 aliphatic carbocycles. The zero-order valence-electron chi connectivity index (χ0n) is 17.7. The molecule has 3 aromatic carbocycles. The highest BCUT2D eigenvalue weighted by atomic mass is 32.2. The fourth-order valence-electron chi connectivity index (χ4n) is 3.48. The molecule has 4 rings (SSSR count). The smallest absolute Gasteiger partial charge is 0.264 e. The summed E-state index contributed by atoms with van der Waals surface area (Å²) in [7, 11) is -3.97. The number of fused-ring (bicyclic) bond motifs is 1. The van der Waals surface area contributed by atoms with Gasteiger partial charge in [0.25, 0.3) is 15.9 Å². The van der Waals surface area contributed by atoms with E-state index in [1.165, 1.54) is 6.07 Å². The van der Waals surface area contributed by atoms with Crippen molar-refractivity contribution < 1.29 is 13.2 Å². The number of hydrogen-bond acceptors (Lipinski definition) is 4. The van der Waals surface area contributed by atoms with Crippen LogP contribution in [0.1, 0.15) is 34.5 Å². The number of nitrogens with zero attached hydrogens (tertiary/aromatic N) is 1. The minimum absolute atomic E-state index is 0.0545. The number of sulfonamides is 1. The van der Waals surface area contributed by atoms with E-state index in [1.54, 1.807) is 54.7 Å². The third kappa shape index (κ3) is 4.48. The topological polar surface area (TPSA) is 88.2 Å². The Morgan fingerprint density at radius 3 is 2.41 bits per heavy atom. The number of hydrogen-bond donors (Lipinski definition) is 2. The monoisotopic (exact) mass is 445 g/mol. The van der Waals surface area contributed by atoms with Crippen LogP contribution >= 0.6 is 0 Å². The Morgan fingerprint density at radius 1 is 0.906 bits per heavy atom. The van der Waals surface area contributed by atoms with E-state index in [0.29, 0.717) is 10.9 Å². The first-order valence-corrected chi connectivity index (χ1v) is 11.7. The second-order valence-corrected chi connectivity index (χ2v) is 9.24. The fourth-order valence-corrected chi connectivity index (χ4v) is 4.74. The van der Waals surface area contributed by atoms with Crippen LogP contribution in [0, 0.1) is 6.92 Å². The second kappa shape index (κ2) is 8.80. The van der Waals surface area contributed by atoms with E-state index in [1.807, 2.05) is 38.1 Å². The van der Waals surface area contributed by atoms with E-state index in [0.717, 1.165) is 11.1 Å². The number of anilines is 1. The lowest BCUT2D eigenvalue weighted by atomic mass is 10.1. The first kappa shape index (κ1) is 21.5. The van der Waals surface area contributed by atoms with Crippen molar-refractivity contribution in [3.05, 3.63) is 102 Å². The largest absolute Gasteiger partial charge is 0.345 e. The van der Waals surface area contributed by atoms with Crippen molar-refractivity contribution in [2.24, 2.45) is 0 Å². The van der Waals surface area contributed by atoms with Gasteiger partial charge in [-0.2, -0.15) is 0 Å². The highest BCUT2D eigenvalue weighted by Gasteiger charge is 2.22. The van der Waals surface area contributed by atoms with Crippen molar-refractivity contribution in [3.8, 4) is 0 Å². The predicted molar refractivity (Wildman–Crippen MR) is 126 cm³/mol. The minimum Gasteiger partial charge on any atom is -0.345 e. The van der Waals surface area contributed by atoms with Crippen LogP contribution in [0.5, 0.6) is 0 Å². The summed E-state index contributed by atoms with van der Waals surface area (Å²) in [5.41, 5.74) is 2.91. The number of rotatable bonds is 6. The van der Waals surface area contributed by atoms with E-state index >= 15 is 0 Å². The van der Waals surface area contributed by atoms with Crippen LogP contribution < -0.4 is 10.0 Å². The zero-order chi connectivity index (χ0) is 22.7. The average molecular weight is 446 g/mol. The van der Waals surface area contributed by atoms with Gasteiger partial charge in [0, 0.05) is 11.6 Å². The molecular formula is C25H23N3O3S. The Balaban J connectivity index is 1.62. The maximum Gasteiger partial charge on any atom is 0.264 e. The summed E-state index contributed by atoms with van der Waals surface area (Å²) in [6, 6.07) is 22.7. The van der Waals surface area contributed by atoms with Gasteiger partial charge in [0.05, 0.1) is 22.8 Å². The Hall–Kier alpha value is -3.71. The summed E-state index contributed by atoms with van der Waals surface area (Å²) in [5.74, 6) is -0.368. The third-order valence-corrected chi connectivity index (χ3v) is 6.62. The summed E-state index contributed by atoms with van der Waals surface area (Å²) in [6.07, 6.45) is 1.55. The minimum atomic E-state index is -3.97. The highest BCUT2D eigenvalue weighted by Crippen LogP contribution is 2.25. The molecule has 0 saturated heterocycles. The second-order valence-electron chi connectivity index (χ2n) is 7.59. The van der Waals surface area contributed by atoms with Gasteiger partial charge >= 0.3 is 0 Å². The van der Waals surface area contributed by atoms with Crippen molar-refractivity contribution in [2.45, 2.75) is 24.8 Å². The number of pyridine rings is 1. The Bertz CT molecular complexity index is 1380. The average Bonchev–Trinajstić information content (AvgIpc) is 2.79. The number of carbonyl (C=O) groups excluding carboxylic acids is 1. The Kier molecular flexibility index (Phi) is 5.92. The molecule has 0 aliphatic rings. The number of benzene rings is 3. The summed E-state index contributed by atoms with van der Waals surface area (Å²) < 4.78 is 28.9. The quantitative estimate of drug-likeness (QED) is 0.445. The van der Waals surface area contributed by atoms with Gasteiger partial charge in [0.15, 0.2) is 0 Å². The van der Waals surface area contributed by atoms with Crippen molar-refractivity contribution >= 4 is 32.5 Å². The molecule has 6 nitrogen and oxygen atoms in total. The lowest BCUT2D eigenvalue weighted by Crippen LogP contribution is -2.28. The van der Waals surface area contributed by atoms with Crippen LogP contribution in [-0.2, 0) is 10.0 Å². The van der Waals surface area contributed by atoms with Gasteiger partial charge in [-0.15, -0.1) is 0 Å². The van der Waals surface area contributed by atoms with Gasteiger partial charge < -0.3 is 5.32 Å². The molecule has 4 aromatic rings. The first-order chi connectivity index (χ1) is 15.3. The van der Waals surface area contributed by atoms with Crippen molar-refractivity contribution in [1.82, 2.24) is 10.3 Å². The molecule has 2 N–H and O–H groups in total. The Labute approximate surface area is 187 Å².